The van der Waals surface area contributed by atoms with Crippen LogP contribution in [0.2, 0.25) is 0 Å². The van der Waals surface area contributed by atoms with Crippen LogP contribution in [-0.2, 0) is 0 Å². The molecule has 0 aliphatic heterocycles. The summed E-state index contributed by atoms with van der Waals surface area (Å²) < 4.78 is 0. The first-order chi connectivity index (χ1) is 1.00. The Balaban J connectivity index is -0.00000000167. The van der Waals surface area contributed by atoms with E-state index in [-0.39, 0.29) is 16.4 Å². The molecule has 0 heterocycles. The second-order valence-corrected chi connectivity index (χ2v) is 0. The third-order valence-corrected chi connectivity index (χ3v) is 0. The van der Waals surface area contributed by atoms with E-state index in [1.54, 1.807) is 20.2 Å². The standard InChI is InChI=1S/3H2O.Sb.Se/h3*1H2;;/p-3. The van der Waals surface area contributed by atoms with Crippen LogP contribution >= 0.6 is 0 Å². The summed E-state index contributed by atoms with van der Waals surface area (Å²) in [7, 11) is 0. The van der Waals surface area contributed by atoms with Crippen LogP contribution in [0.3, 0.4) is 0 Å². The molecule has 0 aromatic carbocycles. The van der Waals surface area contributed by atoms with Gasteiger partial charge in [-0.25, -0.2) is 0 Å². The van der Waals surface area contributed by atoms with Gasteiger partial charge in [-0.1, -0.05) is 0 Å². The summed E-state index contributed by atoms with van der Waals surface area (Å²) in [4.78, 5) is 0. The fourth-order valence-corrected chi connectivity index (χ4v) is 0. The molecule has 0 aromatic heterocycles. The van der Waals surface area contributed by atoms with Crippen molar-refractivity contribution in [1.29, 1.82) is 0 Å². The Labute approximate surface area is 48.7 Å². The summed E-state index contributed by atoms with van der Waals surface area (Å²) in [6, 6.07) is 0. The molecule has 0 amide bonds. The topological polar surface area (TPSA) is 90.0 Å². The predicted molar refractivity (Wildman–Crippen MR) is 17.3 cm³/mol. The molecule has 0 unspecified atom stereocenters. The van der Waals surface area contributed by atoms with Crippen molar-refractivity contribution >= 4 is 32.3 Å². The van der Waals surface area contributed by atoms with Gasteiger partial charge in [0.05, 0.1) is 0 Å². The van der Waals surface area contributed by atoms with E-state index in [1.165, 1.54) is 0 Å². The van der Waals surface area contributed by atoms with Crippen molar-refractivity contribution in [1.82, 2.24) is 0 Å². The average molecular weight is 252 g/mol. The van der Waals surface area contributed by atoms with Gasteiger partial charge in [-0.2, -0.15) is 0 Å². The summed E-state index contributed by atoms with van der Waals surface area (Å²) in [5.74, 6) is 0. The Hall–Kier alpha value is 1.22. The monoisotopic (exact) mass is 252 g/mol. The SMILES string of the molecule is [OH-].[OH-].[OH-].[Se]=[Sb]. The first-order valence-corrected chi connectivity index (χ1v) is 6.36. The van der Waals surface area contributed by atoms with Gasteiger partial charge in [0.2, 0.25) is 0 Å². The summed E-state index contributed by atoms with van der Waals surface area (Å²) >= 11 is 4.30. The summed E-state index contributed by atoms with van der Waals surface area (Å²) in [5, 5.41) is 0. The third-order valence-electron chi connectivity index (χ3n) is 0. The molecule has 5 heavy (non-hydrogen) atoms. The number of hydrogen-bond donors (Lipinski definition) is 0. The van der Waals surface area contributed by atoms with E-state index in [0.717, 1.165) is 0 Å². The van der Waals surface area contributed by atoms with E-state index in [9.17, 15) is 0 Å². The second-order valence-electron chi connectivity index (χ2n) is 0. The molecule has 0 saturated carbocycles. The van der Waals surface area contributed by atoms with Gasteiger partial charge in [0.15, 0.2) is 0 Å². The predicted octanol–water partition coefficient (Wildman–Crippen LogP) is -1.29. The summed E-state index contributed by atoms with van der Waals surface area (Å²) in [6.45, 7) is 0. The summed E-state index contributed by atoms with van der Waals surface area (Å²) in [6.07, 6.45) is 0. The molecule has 5 heteroatoms. The van der Waals surface area contributed by atoms with Gasteiger partial charge in [0.1, 0.15) is 0 Å². The zero-order chi connectivity index (χ0) is 2.00. The van der Waals surface area contributed by atoms with Crippen LogP contribution in [0, 0.1) is 0 Å². The van der Waals surface area contributed by atoms with Crippen LogP contribution in [-0.4, -0.2) is 48.7 Å². The molecule has 0 saturated heterocycles. The molecule has 35 valence electrons. The molecular formula is H3O3SbSe-3. The Morgan fingerprint density at radius 1 is 0.800 bits per heavy atom. The fraction of sp³-hybridized carbons (Fsp3) is 0. The van der Waals surface area contributed by atoms with Crippen LogP contribution < -0.4 is 0 Å². The molecule has 0 aliphatic rings. The van der Waals surface area contributed by atoms with Crippen molar-refractivity contribution in [2.24, 2.45) is 0 Å². The molecule has 0 aromatic rings. The van der Waals surface area contributed by atoms with E-state index in [0.29, 0.717) is 0 Å². The first kappa shape index (κ1) is 34.4. The third kappa shape index (κ3) is 36.4. The normalized spacial score (nSPS) is 0.800. The van der Waals surface area contributed by atoms with Crippen LogP contribution in [0.15, 0.2) is 0 Å². The van der Waals surface area contributed by atoms with Crippen molar-refractivity contribution in [2.45, 2.75) is 0 Å². The minimum atomic E-state index is 0. The van der Waals surface area contributed by atoms with Crippen LogP contribution in [0.4, 0.5) is 0 Å². The van der Waals surface area contributed by atoms with Gasteiger partial charge in [-0.15, -0.1) is 0 Å². The molecular weight excluding hydrogens is 249 g/mol. The van der Waals surface area contributed by atoms with Gasteiger partial charge in [0, 0.05) is 0 Å². The van der Waals surface area contributed by atoms with Crippen molar-refractivity contribution < 1.29 is 16.4 Å². The second kappa shape index (κ2) is 62.6. The zero-order valence-electron chi connectivity index (χ0n) is 2.20. The minimum absolute atomic E-state index is 0. The Morgan fingerprint density at radius 3 is 0.800 bits per heavy atom. The Morgan fingerprint density at radius 2 is 0.800 bits per heavy atom. The molecule has 1 radical (unpaired) electrons. The molecule has 0 rings (SSSR count). The van der Waals surface area contributed by atoms with E-state index >= 15 is 0 Å². The molecule has 0 aliphatic carbocycles. The van der Waals surface area contributed by atoms with Crippen LogP contribution in [0.5, 0.6) is 0 Å². The zero-order valence-corrected chi connectivity index (χ0v) is 6.46. The van der Waals surface area contributed by atoms with Gasteiger partial charge < -0.3 is 16.4 Å². The van der Waals surface area contributed by atoms with Gasteiger partial charge in [0.25, 0.3) is 0 Å². The molecule has 0 fully saturated rings. The van der Waals surface area contributed by atoms with Gasteiger partial charge in [-0.3, -0.25) is 0 Å². The van der Waals surface area contributed by atoms with Gasteiger partial charge in [-0.05, 0) is 0 Å². The molecule has 0 spiro atoms. The first-order valence-electron chi connectivity index (χ1n) is 0.183. The van der Waals surface area contributed by atoms with Crippen LogP contribution in [0.1, 0.15) is 0 Å². The molecule has 0 bridgehead atoms. The van der Waals surface area contributed by atoms with E-state index < -0.39 is 0 Å². The Bertz CT molecular complexity index is 6.85. The van der Waals surface area contributed by atoms with E-state index in [4.69, 9.17) is 0 Å². The van der Waals surface area contributed by atoms with E-state index in [2.05, 4.69) is 12.1 Å². The number of rotatable bonds is 0. The summed E-state index contributed by atoms with van der Waals surface area (Å²) in [5.41, 5.74) is 0. The van der Waals surface area contributed by atoms with Crippen molar-refractivity contribution in [2.75, 3.05) is 0 Å². The maximum atomic E-state index is 2.68. The van der Waals surface area contributed by atoms with Crippen molar-refractivity contribution in [3.63, 3.8) is 0 Å². The van der Waals surface area contributed by atoms with E-state index in [1.807, 2.05) is 0 Å². The molecule has 3 nitrogen and oxygen atoms in total. The average Bonchev–Trinajstić information content (AvgIpc) is 1.00. The quantitative estimate of drug-likeness (QED) is 0.502. The van der Waals surface area contributed by atoms with Crippen molar-refractivity contribution in [3.05, 3.63) is 0 Å². The van der Waals surface area contributed by atoms with Gasteiger partial charge >= 0.3 is 32.3 Å². The maximum absolute atomic E-state index is 2.68. The van der Waals surface area contributed by atoms with Crippen LogP contribution in [0.25, 0.3) is 0 Å². The number of hydrogen-bond acceptors (Lipinski definition) is 3. The molecule has 3 N–H and O–H groups in total. The fourth-order valence-electron chi connectivity index (χ4n) is 0. The molecule has 0 atom stereocenters. The Kier molecular flexibility index (Phi) is 431. The van der Waals surface area contributed by atoms with Crippen molar-refractivity contribution in [3.8, 4) is 0 Å².